The maximum atomic E-state index is 6.31. The van der Waals surface area contributed by atoms with Gasteiger partial charge in [0.05, 0.1) is 8.67 Å². The van der Waals surface area contributed by atoms with Crippen LogP contribution in [-0.4, -0.2) is 0 Å². The monoisotopic (exact) mass is 297 g/mol. The van der Waals surface area contributed by atoms with Gasteiger partial charge in [0, 0.05) is 11.6 Å². The first-order chi connectivity index (χ1) is 8.66. The van der Waals surface area contributed by atoms with E-state index >= 15 is 0 Å². The first-order valence-electron chi connectivity index (χ1n) is 5.92. The van der Waals surface area contributed by atoms with Gasteiger partial charge in [-0.1, -0.05) is 53.5 Å². The quantitative estimate of drug-likeness (QED) is 0.860. The second-order valence-corrected chi connectivity index (χ2v) is 7.01. The van der Waals surface area contributed by atoms with Crippen molar-refractivity contribution in [3.05, 3.63) is 56.2 Å². The van der Waals surface area contributed by atoms with E-state index in [1.54, 1.807) is 0 Å². The molecule has 2 aromatic rings. The predicted octanol–water partition coefficient (Wildman–Crippen LogP) is 4.86. The van der Waals surface area contributed by atoms with E-state index in [-0.39, 0.29) is 6.04 Å². The Kier molecular flexibility index (Phi) is 3.37. The molecule has 3 atom stereocenters. The van der Waals surface area contributed by atoms with Gasteiger partial charge < -0.3 is 5.73 Å². The minimum Gasteiger partial charge on any atom is -0.324 e. The molecule has 0 bridgehead atoms. The summed E-state index contributed by atoms with van der Waals surface area (Å²) in [4.78, 5) is 0. The molecule has 0 aliphatic heterocycles. The number of nitrogens with two attached hydrogens (primary N) is 1. The highest BCUT2D eigenvalue weighted by atomic mass is 35.5. The van der Waals surface area contributed by atoms with Gasteiger partial charge in [0.2, 0.25) is 0 Å². The Morgan fingerprint density at radius 2 is 1.94 bits per heavy atom. The highest BCUT2D eigenvalue weighted by Gasteiger charge is 2.43. The standard InChI is InChI=1S/C14H13Cl2NS/c15-12-7-11(14(16)18-12)13(17)10-6-9(10)8-4-2-1-3-5-8/h1-5,7,9-10,13H,6,17H2. The molecule has 94 valence electrons. The van der Waals surface area contributed by atoms with Gasteiger partial charge in [0.25, 0.3) is 0 Å². The number of benzene rings is 1. The summed E-state index contributed by atoms with van der Waals surface area (Å²) in [6.07, 6.45) is 1.13. The summed E-state index contributed by atoms with van der Waals surface area (Å²) in [6.45, 7) is 0. The number of rotatable bonds is 3. The Bertz CT molecular complexity index is 552. The van der Waals surface area contributed by atoms with Crippen LogP contribution in [-0.2, 0) is 0 Å². The minimum absolute atomic E-state index is 0.00791. The molecule has 0 amide bonds. The number of thiophene rings is 1. The molecule has 0 saturated heterocycles. The van der Waals surface area contributed by atoms with Crippen molar-refractivity contribution in [1.29, 1.82) is 0 Å². The molecule has 1 nitrogen and oxygen atoms in total. The second kappa shape index (κ2) is 4.86. The van der Waals surface area contributed by atoms with Gasteiger partial charge in [-0.3, -0.25) is 0 Å². The fraction of sp³-hybridized carbons (Fsp3) is 0.286. The van der Waals surface area contributed by atoms with Crippen molar-refractivity contribution in [2.24, 2.45) is 11.7 Å². The van der Waals surface area contributed by atoms with Crippen molar-refractivity contribution in [3.63, 3.8) is 0 Å². The zero-order valence-electron chi connectivity index (χ0n) is 9.64. The summed E-state index contributed by atoms with van der Waals surface area (Å²) in [5.41, 5.74) is 8.67. The topological polar surface area (TPSA) is 26.0 Å². The highest BCUT2D eigenvalue weighted by molar-refractivity contribution is 7.20. The van der Waals surface area contributed by atoms with Gasteiger partial charge in [-0.15, -0.1) is 11.3 Å². The van der Waals surface area contributed by atoms with E-state index in [0.717, 1.165) is 16.3 Å². The maximum Gasteiger partial charge on any atom is 0.0991 e. The highest BCUT2D eigenvalue weighted by Crippen LogP contribution is 2.54. The molecule has 1 aromatic heterocycles. The van der Waals surface area contributed by atoms with Gasteiger partial charge in [-0.2, -0.15) is 0 Å². The summed E-state index contributed by atoms with van der Waals surface area (Å²) in [7, 11) is 0. The summed E-state index contributed by atoms with van der Waals surface area (Å²) in [6, 6.07) is 12.4. The van der Waals surface area contributed by atoms with Crippen LogP contribution in [0.1, 0.15) is 29.5 Å². The molecule has 0 spiro atoms. The van der Waals surface area contributed by atoms with Crippen LogP contribution in [0.3, 0.4) is 0 Å². The lowest BCUT2D eigenvalue weighted by Gasteiger charge is -2.10. The molecule has 3 rings (SSSR count). The van der Waals surface area contributed by atoms with Gasteiger partial charge in [-0.05, 0) is 29.9 Å². The smallest absolute Gasteiger partial charge is 0.0991 e. The molecular weight excluding hydrogens is 285 g/mol. The van der Waals surface area contributed by atoms with Crippen LogP contribution >= 0.6 is 34.5 Å². The van der Waals surface area contributed by atoms with Crippen LogP contribution < -0.4 is 5.73 Å². The Hall–Kier alpha value is -0.540. The average Bonchev–Trinajstić information content (AvgIpc) is 3.10. The first kappa shape index (κ1) is 12.5. The van der Waals surface area contributed by atoms with Gasteiger partial charge in [-0.25, -0.2) is 0 Å². The van der Waals surface area contributed by atoms with E-state index in [2.05, 4.69) is 24.3 Å². The summed E-state index contributed by atoms with van der Waals surface area (Å²) >= 11 is 13.5. The van der Waals surface area contributed by atoms with E-state index in [0.29, 0.717) is 16.2 Å². The van der Waals surface area contributed by atoms with Crippen molar-refractivity contribution >= 4 is 34.5 Å². The molecule has 1 aliphatic rings. The van der Waals surface area contributed by atoms with Crippen LogP contribution in [0, 0.1) is 5.92 Å². The predicted molar refractivity (Wildman–Crippen MR) is 78.6 cm³/mol. The Morgan fingerprint density at radius 1 is 1.22 bits per heavy atom. The van der Waals surface area contributed by atoms with Gasteiger partial charge in [0.15, 0.2) is 0 Å². The molecule has 1 heterocycles. The van der Waals surface area contributed by atoms with Crippen LogP contribution in [0.25, 0.3) is 0 Å². The zero-order chi connectivity index (χ0) is 12.7. The van der Waals surface area contributed by atoms with E-state index in [4.69, 9.17) is 28.9 Å². The summed E-state index contributed by atoms with van der Waals surface area (Å²) < 4.78 is 1.44. The molecule has 3 unspecified atom stereocenters. The van der Waals surface area contributed by atoms with Crippen LogP contribution in [0.2, 0.25) is 8.67 Å². The van der Waals surface area contributed by atoms with Crippen molar-refractivity contribution in [2.75, 3.05) is 0 Å². The summed E-state index contributed by atoms with van der Waals surface area (Å²) in [5, 5.41) is 0. The minimum atomic E-state index is -0.00791. The molecule has 0 radical (unpaired) electrons. The molecule has 2 N–H and O–H groups in total. The number of halogens is 2. The van der Waals surface area contributed by atoms with E-state index in [1.807, 2.05) is 12.1 Å². The third kappa shape index (κ3) is 2.30. The SMILES string of the molecule is NC(c1cc(Cl)sc1Cl)C1CC1c1ccccc1. The number of hydrogen-bond donors (Lipinski definition) is 1. The van der Waals surface area contributed by atoms with Crippen LogP contribution in [0.15, 0.2) is 36.4 Å². The van der Waals surface area contributed by atoms with Crippen molar-refractivity contribution in [1.82, 2.24) is 0 Å². The molecule has 4 heteroatoms. The average molecular weight is 298 g/mol. The second-order valence-electron chi connectivity index (χ2n) is 4.72. The van der Waals surface area contributed by atoms with Crippen molar-refractivity contribution in [3.8, 4) is 0 Å². The van der Waals surface area contributed by atoms with E-state index in [9.17, 15) is 0 Å². The Morgan fingerprint density at radius 3 is 2.56 bits per heavy atom. The lowest BCUT2D eigenvalue weighted by Crippen LogP contribution is -2.13. The largest absolute Gasteiger partial charge is 0.324 e. The Balaban J connectivity index is 1.77. The molecule has 1 fully saturated rings. The lowest BCUT2D eigenvalue weighted by atomic mass is 10.0. The first-order valence-corrected chi connectivity index (χ1v) is 7.49. The Labute approximate surface area is 121 Å². The normalized spacial score (nSPS) is 23.9. The lowest BCUT2D eigenvalue weighted by molar-refractivity contribution is 0.618. The zero-order valence-corrected chi connectivity index (χ0v) is 12.0. The van der Waals surface area contributed by atoms with Crippen molar-refractivity contribution < 1.29 is 0 Å². The third-order valence-corrected chi connectivity index (χ3v) is 5.09. The van der Waals surface area contributed by atoms with E-state index in [1.165, 1.54) is 16.9 Å². The molecule has 1 aliphatic carbocycles. The maximum absolute atomic E-state index is 6.31. The van der Waals surface area contributed by atoms with Crippen molar-refractivity contribution in [2.45, 2.75) is 18.4 Å². The van der Waals surface area contributed by atoms with Crippen LogP contribution in [0.5, 0.6) is 0 Å². The number of hydrogen-bond acceptors (Lipinski definition) is 2. The van der Waals surface area contributed by atoms with Gasteiger partial charge >= 0.3 is 0 Å². The molecular formula is C14H13Cl2NS. The van der Waals surface area contributed by atoms with Gasteiger partial charge in [0.1, 0.15) is 0 Å². The third-order valence-electron chi connectivity index (χ3n) is 3.57. The molecule has 1 saturated carbocycles. The fourth-order valence-corrected chi connectivity index (χ4v) is 4.07. The fourth-order valence-electron chi connectivity index (χ4n) is 2.51. The van der Waals surface area contributed by atoms with Crippen LogP contribution in [0.4, 0.5) is 0 Å². The summed E-state index contributed by atoms with van der Waals surface area (Å²) in [5.74, 6) is 1.05. The molecule has 18 heavy (non-hydrogen) atoms. The molecule has 1 aromatic carbocycles. The van der Waals surface area contributed by atoms with E-state index < -0.39 is 0 Å².